The van der Waals surface area contributed by atoms with Crippen molar-refractivity contribution in [1.29, 1.82) is 0 Å². The van der Waals surface area contributed by atoms with E-state index in [-0.39, 0.29) is 46.8 Å². The third-order valence-electron chi connectivity index (χ3n) is 3.54. The van der Waals surface area contributed by atoms with Gasteiger partial charge in [-0.25, -0.2) is 8.42 Å². The van der Waals surface area contributed by atoms with Gasteiger partial charge in [0.2, 0.25) is 17.6 Å². The molecule has 0 saturated carbocycles. The number of aromatic amines is 1. The second kappa shape index (κ2) is 5.95. The average molecular weight is 338 g/mol. The lowest BCUT2D eigenvalue weighted by Gasteiger charge is -2.06. The van der Waals surface area contributed by atoms with Gasteiger partial charge >= 0.3 is 0 Å². The van der Waals surface area contributed by atoms with Crippen molar-refractivity contribution < 1.29 is 17.7 Å². The third kappa shape index (κ3) is 3.47. The Kier molecular flexibility index (Phi) is 3.99. The molecule has 0 radical (unpaired) electrons. The Morgan fingerprint density at radius 1 is 1.48 bits per heavy atom. The Labute approximate surface area is 131 Å². The van der Waals surface area contributed by atoms with Crippen LogP contribution in [0, 0.1) is 5.92 Å². The molecule has 122 valence electrons. The van der Waals surface area contributed by atoms with Gasteiger partial charge in [-0.05, 0) is 18.6 Å². The number of hydrogen-bond acceptors (Lipinski definition) is 7. The molecule has 3 heterocycles. The van der Waals surface area contributed by atoms with Gasteiger partial charge in [-0.2, -0.15) is 4.98 Å². The molecule has 3 rings (SSSR count). The highest BCUT2D eigenvalue weighted by Crippen LogP contribution is 2.18. The molecule has 0 spiro atoms. The van der Waals surface area contributed by atoms with E-state index >= 15 is 0 Å². The van der Waals surface area contributed by atoms with E-state index in [1.807, 2.05) is 0 Å². The maximum atomic E-state index is 11.9. The summed E-state index contributed by atoms with van der Waals surface area (Å²) >= 11 is 0. The Morgan fingerprint density at radius 2 is 2.30 bits per heavy atom. The monoisotopic (exact) mass is 338 g/mol. The van der Waals surface area contributed by atoms with Gasteiger partial charge in [0, 0.05) is 6.20 Å². The fourth-order valence-electron chi connectivity index (χ4n) is 2.34. The highest BCUT2D eigenvalue weighted by atomic mass is 32.2. The number of nitrogens with one attached hydrogen (secondary N) is 2. The molecular formula is C13H14N4O5S. The quantitative estimate of drug-likeness (QED) is 0.765. The van der Waals surface area contributed by atoms with Gasteiger partial charge in [0.15, 0.2) is 9.84 Å². The van der Waals surface area contributed by atoms with Crippen LogP contribution in [0.3, 0.4) is 0 Å². The Morgan fingerprint density at radius 3 is 3.00 bits per heavy atom. The summed E-state index contributed by atoms with van der Waals surface area (Å²) in [6.45, 7) is -0.0207. The smallest absolute Gasteiger partial charge is 0.259 e. The maximum Gasteiger partial charge on any atom is 0.259 e. The summed E-state index contributed by atoms with van der Waals surface area (Å²) in [5.41, 5.74) is -0.0873. The summed E-state index contributed by atoms with van der Waals surface area (Å²) in [5, 5.41) is 6.27. The summed E-state index contributed by atoms with van der Waals surface area (Å²) in [5.74, 6) is -0.736. The number of rotatable bonds is 4. The average Bonchev–Trinajstić information content (AvgIpc) is 3.12. The van der Waals surface area contributed by atoms with Crippen LogP contribution < -0.4 is 10.9 Å². The first-order chi connectivity index (χ1) is 10.9. The van der Waals surface area contributed by atoms with Gasteiger partial charge < -0.3 is 14.8 Å². The molecule has 1 unspecified atom stereocenters. The number of amides is 1. The Balaban J connectivity index is 1.63. The Bertz CT molecular complexity index is 886. The van der Waals surface area contributed by atoms with Crippen LogP contribution in [-0.4, -0.2) is 41.0 Å². The first-order valence-electron chi connectivity index (χ1n) is 6.93. The summed E-state index contributed by atoms with van der Waals surface area (Å²) in [4.78, 5) is 30.1. The minimum Gasteiger partial charge on any atom is -0.347 e. The zero-order valence-electron chi connectivity index (χ0n) is 12.0. The molecule has 0 aliphatic carbocycles. The van der Waals surface area contributed by atoms with E-state index in [0.29, 0.717) is 6.42 Å². The van der Waals surface area contributed by atoms with E-state index in [1.54, 1.807) is 12.1 Å². The van der Waals surface area contributed by atoms with Crippen molar-refractivity contribution in [1.82, 2.24) is 20.4 Å². The molecule has 1 fully saturated rings. The van der Waals surface area contributed by atoms with Crippen molar-refractivity contribution in [3.8, 4) is 11.4 Å². The van der Waals surface area contributed by atoms with Crippen LogP contribution in [-0.2, 0) is 21.2 Å². The number of carbonyl (C=O) groups excluding carboxylic acids is 1. The zero-order valence-corrected chi connectivity index (χ0v) is 12.8. The molecular weight excluding hydrogens is 324 g/mol. The molecule has 1 aliphatic rings. The van der Waals surface area contributed by atoms with E-state index in [1.165, 1.54) is 6.20 Å². The van der Waals surface area contributed by atoms with Gasteiger partial charge in [-0.15, -0.1) is 0 Å². The van der Waals surface area contributed by atoms with Crippen molar-refractivity contribution in [2.24, 2.45) is 5.92 Å². The predicted octanol–water partition coefficient (Wildman–Crippen LogP) is -0.524. The van der Waals surface area contributed by atoms with Crippen molar-refractivity contribution in [3.63, 3.8) is 0 Å². The van der Waals surface area contributed by atoms with Crippen molar-refractivity contribution in [2.45, 2.75) is 13.0 Å². The van der Waals surface area contributed by atoms with Crippen LogP contribution in [0.4, 0.5) is 0 Å². The SMILES string of the molecule is O=C(NCc1nc(-c2ccc[nH]c2=O)no1)C1CCS(=O)(=O)C1. The number of pyridine rings is 1. The number of sulfone groups is 1. The summed E-state index contributed by atoms with van der Waals surface area (Å²) in [7, 11) is -3.11. The second-order valence-corrected chi connectivity index (χ2v) is 7.47. The lowest BCUT2D eigenvalue weighted by atomic mass is 10.1. The topological polar surface area (TPSA) is 135 Å². The molecule has 1 amide bonds. The van der Waals surface area contributed by atoms with E-state index in [2.05, 4.69) is 20.4 Å². The van der Waals surface area contributed by atoms with E-state index in [9.17, 15) is 18.0 Å². The molecule has 10 heteroatoms. The maximum absolute atomic E-state index is 11.9. The van der Waals surface area contributed by atoms with E-state index < -0.39 is 15.8 Å². The summed E-state index contributed by atoms with van der Waals surface area (Å²) in [6, 6.07) is 3.19. The molecule has 2 aromatic heterocycles. The van der Waals surface area contributed by atoms with Crippen molar-refractivity contribution in [3.05, 3.63) is 34.6 Å². The zero-order chi connectivity index (χ0) is 16.4. The molecule has 0 bridgehead atoms. The number of H-pyrrole nitrogens is 1. The van der Waals surface area contributed by atoms with Gasteiger partial charge in [0.05, 0.1) is 29.5 Å². The van der Waals surface area contributed by atoms with Crippen LogP contribution in [0.2, 0.25) is 0 Å². The Hall–Kier alpha value is -2.49. The summed E-state index contributed by atoms with van der Waals surface area (Å²) < 4.78 is 27.7. The van der Waals surface area contributed by atoms with Crippen LogP contribution >= 0.6 is 0 Å². The van der Waals surface area contributed by atoms with E-state index in [4.69, 9.17) is 4.52 Å². The number of aromatic nitrogens is 3. The molecule has 9 nitrogen and oxygen atoms in total. The van der Waals surface area contributed by atoms with Gasteiger partial charge in [0.25, 0.3) is 5.56 Å². The largest absolute Gasteiger partial charge is 0.347 e. The molecule has 2 N–H and O–H groups in total. The predicted molar refractivity (Wildman–Crippen MR) is 79.0 cm³/mol. The highest BCUT2D eigenvalue weighted by molar-refractivity contribution is 7.91. The van der Waals surface area contributed by atoms with Crippen LogP contribution in [0.1, 0.15) is 12.3 Å². The first kappa shape index (κ1) is 15.4. The number of nitrogens with zero attached hydrogens (tertiary/aromatic N) is 2. The minimum atomic E-state index is -3.11. The molecule has 1 atom stereocenters. The summed E-state index contributed by atoms with van der Waals surface area (Å²) in [6.07, 6.45) is 1.81. The van der Waals surface area contributed by atoms with Crippen LogP contribution in [0.25, 0.3) is 11.4 Å². The van der Waals surface area contributed by atoms with Crippen molar-refractivity contribution in [2.75, 3.05) is 11.5 Å². The van der Waals surface area contributed by atoms with Crippen LogP contribution in [0.5, 0.6) is 0 Å². The highest BCUT2D eigenvalue weighted by Gasteiger charge is 2.32. The minimum absolute atomic E-state index is 0.0207. The van der Waals surface area contributed by atoms with Gasteiger partial charge in [-0.3, -0.25) is 9.59 Å². The number of hydrogen-bond donors (Lipinski definition) is 2. The first-order valence-corrected chi connectivity index (χ1v) is 8.75. The molecule has 23 heavy (non-hydrogen) atoms. The molecule has 1 saturated heterocycles. The lowest BCUT2D eigenvalue weighted by Crippen LogP contribution is -2.31. The second-order valence-electron chi connectivity index (χ2n) is 5.24. The standard InChI is InChI=1S/C13H14N4O5S/c18-12(8-3-5-23(20,21)7-8)15-6-10-16-11(17-22-10)9-2-1-4-14-13(9)19/h1-2,4,8H,3,5-7H2,(H,14,19)(H,15,18). The number of carbonyl (C=O) groups is 1. The fraction of sp³-hybridized carbons (Fsp3) is 0.385. The van der Waals surface area contributed by atoms with Gasteiger partial charge in [0.1, 0.15) is 0 Å². The van der Waals surface area contributed by atoms with E-state index in [0.717, 1.165) is 0 Å². The fourth-order valence-corrected chi connectivity index (χ4v) is 4.08. The van der Waals surface area contributed by atoms with Crippen LogP contribution in [0.15, 0.2) is 27.6 Å². The molecule has 0 aromatic carbocycles. The lowest BCUT2D eigenvalue weighted by molar-refractivity contribution is -0.124. The van der Waals surface area contributed by atoms with Crippen molar-refractivity contribution >= 4 is 15.7 Å². The molecule has 1 aliphatic heterocycles. The normalized spacial score (nSPS) is 19.6. The third-order valence-corrected chi connectivity index (χ3v) is 5.31. The molecule has 2 aromatic rings. The van der Waals surface area contributed by atoms with Gasteiger partial charge in [-0.1, -0.05) is 5.16 Å².